The first-order valence-electron chi connectivity index (χ1n) is 8.46. The molecule has 3 rings (SSSR count). The van der Waals surface area contributed by atoms with Gasteiger partial charge in [0.2, 0.25) is 0 Å². The number of aromatic nitrogens is 3. The van der Waals surface area contributed by atoms with Crippen molar-refractivity contribution in [2.24, 2.45) is 0 Å². The number of benzene rings is 1. The largest absolute Gasteiger partial charge is 0.378 e. The summed E-state index contributed by atoms with van der Waals surface area (Å²) >= 11 is 1.44. The number of hydrogen-bond donors (Lipinski definition) is 1. The highest BCUT2D eigenvalue weighted by atomic mass is 32.2. The predicted molar refractivity (Wildman–Crippen MR) is 97.8 cm³/mol. The second kappa shape index (κ2) is 8.77. The van der Waals surface area contributed by atoms with Gasteiger partial charge in [0.05, 0.1) is 25.0 Å². The van der Waals surface area contributed by atoms with Crippen LogP contribution < -0.4 is 0 Å². The zero-order valence-corrected chi connectivity index (χ0v) is 15.3. The van der Waals surface area contributed by atoms with Crippen molar-refractivity contribution in [1.82, 2.24) is 14.8 Å². The summed E-state index contributed by atoms with van der Waals surface area (Å²) in [6.45, 7) is 3.24. The Kier molecular flexibility index (Phi) is 6.42. The third-order valence-corrected chi connectivity index (χ3v) is 5.48. The highest BCUT2D eigenvalue weighted by Gasteiger charge is 2.33. The van der Waals surface area contributed by atoms with Crippen LogP contribution in [0.3, 0.4) is 0 Å². The van der Waals surface area contributed by atoms with Crippen molar-refractivity contribution in [3.8, 4) is 0 Å². The quantitative estimate of drug-likeness (QED) is 0.746. The summed E-state index contributed by atoms with van der Waals surface area (Å²) in [7, 11) is 0. The molecule has 1 aromatic carbocycles. The van der Waals surface area contributed by atoms with Crippen molar-refractivity contribution < 1.29 is 19.0 Å². The summed E-state index contributed by atoms with van der Waals surface area (Å²) in [6.07, 6.45) is 6.81. The molecule has 1 unspecified atom stereocenters. The first-order chi connectivity index (χ1) is 12.6. The minimum Gasteiger partial charge on any atom is -0.378 e. The second-order valence-electron chi connectivity index (χ2n) is 6.08. The SMILES string of the molecule is CCC(O)(Cn1cncn1)SC1COC(/C=C/c2ccc(F)cc2)OC1. The standard InChI is InChI=1S/C18H22FN3O3S/c1-2-18(23,11-22-13-20-12-21-22)26-16-9-24-17(25-10-16)8-5-14-3-6-15(19)7-4-14/h3-8,12-13,16-17,23H,2,9-11H2,1H3/b8-5+. The molecule has 0 amide bonds. The molecule has 8 heteroatoms. The minimum atomic E-state index is -0.956. The lowest BCUT2D eigenvalue weighted by Gasteiger charge is -2.34. The van der Waals surface area contributed by atoms with E-state index in [9.17, 15) is 9.50 Å². The third kappa shape index (κ3) is 5.38. The molecule has 1 aliphatic rings. The van der Waals surface area contributed by atoms with Crippen LogP contribution in [-0.2, 0) is 16.0 Å². The van der Waals surface area contributed by atoms with Gasteiger partial charge in [-0.1, -0.05) is 25.1 Å². The Morgan fingerprint density at radius 1 is 1.35 bits per heavy atom. The molecule has 1 saturated heterocycles. The van der Waals surface area contributed by atoms with Gasteiger partial charge in [0, 0.05) is 0 Å². The van der Waals surface area contributed by atoms with Crippen molar-refractivity contribution in [2.45, 2.75) is 36.4 Å². The Labute approximate surface area is 156 Å². The smallest absolute Gasteiger partial charge is 0.177 e. The van der Waals surface area contributed by atoms with Crippen molar-refractivity contribution in [2.75, 3.05) is 13.2 Å². The van der Waals surface area contributed by atoms with E-state index in [1.54, 1.807) is 29.2 Å². The van der Waals surface area contributed by atoms with Crippen LogP contribution >= 0.6 is 11.8 Å². The van der Waals surface area contributed by atoms with Gasteiger partial charge >= 0.3 is 0 Å². The van der Waals surface area contributed by atoms with Gasteiger partial charge in [-0.2, -0.15) is 5.10 Å². The molecule has 0 saturated carbocycles. The number of nitrogens with zero attached hydrogens (tertiary/aromatic N) is 3. The van der Waals surface area contributed by atoms with Crippen LogP contribution in [-0.4, -0.2) is 49.6 Å². The van der Waals surface area contributed by atoms with E-state index in [0.717, 1.165) is 5.56 Å². The molecule has 1 atom stereocenters. The summed E-state index contributed by atoms with van der Waals surface area (Å²) in [4.78, 5) is 2.94. The number of thioether (sulfide) groups is 1. The van der Waals surface area contributed by atoms with Gasteiger partial charge in [-0.25, -0.2) is 14.1 Å². The lowest BCUT2D eigenvalue weighted by molar-refractivity contribution is -0.146. The molecule has 1 fully saturated rings. The predicted octanol–water partition coefficient (Wildman–Crippen LogP) is 2.70. The normalized spacial score (nSPS) is 23.2. The zero-order chi connectivity index (χ0) is 18.4. The van der Waals surface area contributed by atoms with Gasteiger partial charge < -0.3 is 14.6 Å². The van der Waals surface area contributed by atoms with Crippen LogP contribution in [0.15, 0.2) is 43.0 Å². The molecular weight excluding hydrogens is 357 g/mol. The molecule has 0 bridgehead atoms. The first kappa shape index (κ1) is 19.0. The molecule has 1 N–H and O–H groups in total. The number of hydrogen-bond acceptors (Lipinski definition) is 6. The first-order valence-corrected chi connectivity index (χ1v) is 9.34. The maximum atomic E-state index is 12.9. The van der Waals surface area contributed by atoms with E-state index in [0.29, 0.717) is 26.2 Å². The van der Waals surface area contributed by atoms with Crippen LogP contribution in [0.25, 0.3) is 6.08 Å². The molecule has 0 aliphatic carbocycles. The number of rotatable bonds is 7. The van der Waals surface area contributed by atoms with E-state index in [-0.39, 0.29) is 11.1 Å². The Hall–Kier alpha value is -1.74. The van der Waals surface area contributed by atoms with E-state index in [4.69, 9.17) is 9.47 Å². The molecule has 2 aromatic rings. The maximum Gasteiger partial charge on any atom is 0.177 e. The number of aliphatic hydroxyl groups is 1. The van der Waals surface area contributed by atoms with Crippen LogP contribution in [0.2, 0.25) is 0 Å². The maximum absolute atomic E-state index is 12.9. The van der Waals surface area contributed by atoms with Crippen LogP contribution in [0, 0.1) is 5.82 Å². The second-order valence-corrected chi connectivity index (χ2v) is 7.74. The topological polar surface area (TPSA) is 69.4 Å². The van der Waals surface area contributed by atoms with Gasteiger partial charge in [-0.3, -0.25) is 0 Å². The van der Waals surface area contributed by atoms with E-state index in [2.05, 4.69) is 10.1 Å². The van der Waals surface area contributed by atoms with Gasteiger partial charge in [0.1, 0.15) is 23.4 Å². The summed E-state index contributed by atoms with van der Waals surface area (Å²) in [5, 5.41) is 14.9. The monoisotopic (exact) mass is 379 g/mol. The van der Waals surface area contributed by atoms with Crippen molar-refractivity contribution in [3.05, 3.63) is 54.4 Å². The Morgan fingerprint density at radius 3 is 2.69 bits per heavy atom. The fourth-order valence-electron chi connectivity index (χ4n) is 2.55. The van der Waals surface area contributed by atoms with E-state index in [1.165, 1.54) is 30.2 Å². The van der Waals surface area contributed by atoms with Gasteiger partial charge in [0.15, 0.2) is 6.29 Å². The molecular formula is C18H22FN3O3S. The fraction of sp³-hybridized carbons (Fsp3) is 0.444. The molecule has 26 heavy (non-hydrogen) atoms. The van der Waals surface area contributed by atoms with Gasteiger partial charge in [-0.15, -0.1) is 11.8 Å². The average Bonchev–Trinajstić information content (AvgIpc) is 3.15. The lowest BCUT2D eigenvalue weighted by Crippen LogP contribution is -2.39. The minimum absolute atomic E-state index is 0.0268. The molecule has 1 aliphatic heterocycles. The van der Waals surface area contributed by atoms with Crippen LogP contribution in [0.4, 0.5) is 4.39 Å². The number of halogens is 1. The molecule has 1 aromatic heterocycles. The summed E-state index contributed by atoms with van der Waals surface area (Å²) in [5.74, 6) is -0.263. The van der Waals surface area contributed by atoms with Crippen LogP contribution in [0.5, 0.6) is 0 Å². The number of ether oxygens (including phenoxy) is 2. The van der Waals surface area contributed by atoms with Crippen LogP contribution in [0.1, 0.15) is 18.9 Å². The molecule has 6 nitrogen and oxygen atoms in total. The highest BCUT2D eigenvalue weighted by Crippen LogP contribution is 2.33. The van der Waals surface area contributed by atoms with E-state index in [1.807, 2.05) is 13.0 Å². The molecule has 2 heterocycles. The van der Waals surface area contributed by atoms with Gasteiger partial charge in [-0.05, 0) is 30.2 Å². The average molecular weight is 379 g/mol. The van der Waals surface area contributed by atoms with Gasteiger partial charge in [0.25, 0.3) is 0 Å². The summed E-state index contributed by atoms with van der Waals surface area (Å²) in [6, 6.07) is 6.21. The van der Waals surface area contributed by atoms with E-state index >= 15 is 0 Å². The molecule has 0 radical (unpaired) electrons. The molecule has 140 valence electrons. The Morgan fingerprint density at radius 2 is 2.08 bits per heavy atom. The Balaban J connectivity index is 1.49. The van der Waals surface area contributed by atoms with Crippen molar-refractivity contribution >= 4 is 17.8 Å². The summed E-state index contributed by atoms with van der Waals surface area (Å²) in [5.41, 5.74) is 0.878. The zero-order valence-electron chi connectivity index (χ0n) is 14.5. The summed E-state index contributed by atoms with van der Waals surface area (Å²) < 4.78 is 25.9. The highest BCUT2D eigenvalue weighted by molar-refractivity contribution is 8.01. The van der Waals surface area contributed by atoms with E-state index < -0.39 is 11.2 Å². The Bertz CT molecular complexity index is 703. The lowest BCUT2D eigenvalue weighted by atomic mass is 10.2. The van der Waals surface area contributed by atoms with Crippen molar-refractivity contribution in [1.29, 1.82) is 0 Å². The fourth-order valence-corrected chi connectivity index (χ4v) is 3.84. The third-order valence-electron chi connectivity index (χ3n) is 4.02. The van der Waals surface area contributed by atoms with Crippen molar-refractivity contribution in [3.63, 3.8) is 0 Å². The molecule has 0 spiro atoms.